The van der Waals surface area contributed by atoms with Gasteiger partial charge in [0.1, 0.15) is 5.75 Å². The first-order chi connectivity index (χ1) is 15.8. The number of para-hydroxylation sites is 1. The molecule has 2 amide bonds. The zero-order valence-electron chi connectivity index (χ0n) is 18.5. The van der Waals surface area contributed by atoms with Gasteiger partial charge in [0, 0.05) is 11.1 Å². The highest BCUT2D eigenvalue weighted by molar-refractivity contribution is 6.71. The Morgan fingerprint density at radius 3 is 2.52 bits per heavy atom. The molecule has 8 heteroatoms. The van der Waals surface area contributed by atoms with E-state index in [9.17, 15) is 14.7 Å². The van der Waals surface area contributed by atoms with E-state index in [2.05, 4.69) is 15.6 Å². The number of phenols is 1. The van der Waals surface area contributed by atoms with Gasteiger partial charge < -0.3 is 10.8 Å². The topological polar surface area (TPSA) is 120 Å². The normalized spacial score (nSPS) is 14.5. The van der Waals surface area contributed by atoms with Crippen molar-refractivity contribution in [3.63, 3.8) is 0 Å². The number of nitrogens with zero attached hydrogens (tertiary/aromatic N) is 3. The van der Waals surface area contributed by atoms with Crippen LogP contribution in [-0.2, 0) is 4.79 Å². The zero-order valence-corrected chi connectivity index (χ0v) is 18.5. The summed E-state index contributed by atoms with van der Waals surface area (Å²) in [6.07, 6.45) is 0. The lowest BCUT2D eigenvalue weighted by Crippen LogP contribution is -2.28. The minimum absolute atomic E-state index is 0.0745. The number of benzene rings is 3. The number of hydrazone groups is 2. The molecule has 0 aliphatic carbocycles. The predicted octanol–water partition coefficient (Wildman–Crippen LogP) is 3.97. The molecule has 0 fully saturated rings. The lowest BCUT2D eigenvalue weighted by atomic mass is 10.0. The Morgan fingerprint density at radius 2 is 1.79 bits per heavy atom. The molecule has 4 N–H and O–H groups in total. The SMILES string of the molecule is CC1=NN(c2ccc(C)c(C)c2)C(=O)/C1=N\Nc1cccc(-c2cccc(C(N)=O)c2)c1O. The second kappa shape index (κ2) is 8.58. The summed E-state index contributed by atoms with van der Waals surface area (Å²) in [6.45, 7) is 5.67. The number of carbonyl (C=O) groups is 2. The van der Waals surface area contributed by atoms with E-state index >= 15 is 0 Å². The molecule has 0 unspecified atom stereocenters. The van der Waals surface area contributed by atoms with Crippen molar-refractivity contribution in [2.45, 2.75) is 20.8 Å². The molecule has 1 aliphatic heterocycles. The average molecular weight is 441 g/mol. The van der Waals surface area contributed by atoms with Crippen LogP contribution in [0.2, 0.25) is 0 Å². The molecule has 1 heterocycles. The second-order valence-electron chi connectivity index (χ2n) is 7.79. The highest BCUT2D eigenvalue weighted by Gasteiger charge is 2.31. The van der Waals surface area contributed by atoms with Gasteiger partial charge in [0.15, 0.2) is 5.71 Å². The predicted molar refractivity (Wildman–Crippen MR) is 130 cm³/mol. The van der Waals surface area contributed by atoms with Crippen molar-refractivity contribution in [3.05, 3.63) is 77.4 Å². The summed E-state index contributed by atoms with van der Waals surface area (Å²) in [7, 11) is 0. The van der Waals surface area contributed by atoms with Gasteiger partial charge in [-0.3, -0.25) is 15.0 Å². The summed E-state index contributed by atoms with van der Waals surface area (Å²) < 4.78 is 0. The monoisotopic (exact) mass is 441 g/mol. The first-order valence-corrected chi connectivity index (χ1v) is 10.3. The van der Waals surface area contributed by atoms with E-state index in [0.29, 0.717) is 33.8 Å². The molecule has 0 radical (unpaired) electrons. The standard InChI is InChI=1S/C25H23N5O3/c1-14-10-11-19(12-15(14)2)30-25(33)22(16(3)29-30)28-27-21-9-5-8-20(23(21)31)17-6-4-7-18(13-17)24(26)32/h4-13,27,31H,1-3H3,(H2,26,32)/b28-22-. The summed E-state index contributed by atoms with van der Waals surface area (Å²) in [5, 5.41) is 20.7. The number of nitrogens with one attached hydrogen (secondary N) is 1. The number of carbonyl (C=O) groups excluding carboxylic acids is 2. The quantitative estimate of drug-likeness (QED) is 0.410. The van der Waals surface area contributed by atoms with E-state index in [0.717, 1.165) is 11.1 Å². The van der Waals surface area contributed by atoms with E-state index in [1.54, 1.807) is 49.4 Å². The molecule has 166 valence electrons. The number of hydrogen-bond donors (Lipinski definition) is 3. The molecule has 4 rings (SSSR count). The summed E-state index contributed by atoms with van der Waals surface area (Å²) >= 11 is 0. The maximum absolute atomic E-state index is 12.9. The Balaban J connectivity index is 1.61. The molecular formula is C25H23N5O3. The van der Waals surface area contributed by atoms with Gasteiger partial charge in [-0.1, -0.05) is 30.3 Å². The first-order valence-electron chi connectivity index (χ1n) is 10.3. The number of phenolic OH excluding ortho intramolecular Hbond substituents is 1. The van der Waals surface area contributed by atoms with Gasteiger partial charge in [-0.2, -0.15) is 15.2 Å². The minimum atomic E-state index is -0.556. The van der Waals surface area contributed by atoms with Crippen molar-refractivity contribution >= 4 is 34.6 Å². The van der Waals surface area contributed by atoms with Crippen molar-refractivity contribution < 1.29 is 14.7 Å². The van der Waals surface area contributed by atoms with Crippen LogP contribution >= 0.6 is 0 Å². The summed E-state index contributed by atoms with van der Waals surface area (Å²) in [5.41, 5.74) is 13.3. The molecule has 33 heavy (non-hydrogen) atoms. The van der Waals surface area contributed by atoms with Crippen molar-refractivity contribution in [2.75, 3.05) is 10.4 Å². The van der Waals surface area contributed by atoms with Crippen molar-refractivity contribution in [1.82, 2.24) is 0 Å². The van der Waals surface area contributed by atoms with Gasteiger partial charge >= 0.3 is 5.91 Å². The lowest BCUT2D eigenvalue weighted by Gasteiger charge is -2.13. The van der Waals surface area contributed by atoms with Crippen LogP contribution in [0.5, 0.6) is 5.75 Å². The molecule has 0 atom stereocenters. The van der Waals surface area contributed by atoms with Gasteiger partial charge in [0.05, 0.1) is 17.1 Å². The Labute approximate surface area is 191 Å². The maximum atomic E-state index is 12.9. The van der Waals surface area contributed by atoms with Crippen molar-refractivity contribution in [3.8, 4) is 16.9 Å². The Hall–Kier alpha value is -4.46. The van der Waals surface area contributed by atoms with Crippen LogP contribution in [0.4, 0.5) is 11.4 Å². The number of amides is 2. The molecule has 0 bridgehead atoms. The molecular weight excluding hydrogens is 418 g/mol. The van der Waals surface area contributed by atoms with Crippen LogP contribution in [0, 0.1) is 13.8 Å². The molecule has 3 aromatic carbocycles. The molecule has 0 aromatic heterocycles. The third kappa shape index (κ3) is 4.18. The maximum Gasteiger partial charge on any atom is 0.301 e. The van der Waals surface area contributed by atoms with Crippen LogP contribution in [0.25, 0.3) is 11.1 Å². The highest BCUT2D eigenvalue weighted by atomic mass is 16.3. The lowest BCUT2D eigenvalue weighted by molar-refractivity contribution is -0.112. The Morgan fingerprint density at radius 1 is 1.03 bits per heavy atom. The summed E-state index contributed by atoms with van der Waals surface area (Å²) in [6, 6.07) is 17.4. The number of aryl methyl sites for hydroxylation is 2. The fraction of sp³-hybridized carbons (Fsp3) is 0.120. The third-order valence-corrected chi connectivity index (χ3v) is 5.50. The fourth-order valence-electron chi connectivity index (χ4n) is 3.48. The van der Waals surface area contributed by atoms with E-state index in [4.69, 9.17) is 5.73 Å². The van der Waals surface area contributed by atoms with E-state index in [1.807, 2.05) is 32.0 Å². The van der Waals surface area contributed by atoms with Gasteiger partial charge in [0.25, 0.3) is 0 Å². The zero-order chi connectivity index (χ0) is 23.7. The summed E-state index contributed by atoms with van der Waals surface area (Å²) in [4.78, 5) is 24.4. The fourth-order valence-corrected chi connectivity index (χ4v) is 3.48. The third-order valence-electron chi connectivity index (χ3n) is 5.50. The molecule has 3 aromatic rings. The van der Waals surface area contributed by atoms with Crippen LogP contribution in [0.15, 0.2) is 70.9 Å². The molecule has 1 aliphatic rings. The second-order valence-corrected chi connectivity index (χ2v) is 7.79. The van der Waals surface area contributed by atoms with Crippen LogP contribution in [-0.4, -0.2) is 28.3 Å². The van der Waals surface area contributed by atoms with E-state index in [1.165, 1.54) is 5.01 Å². The van der Waals surface area contributed by atoms with E-state index in [-0.39, 0.29) is 17.4 Å². The number of aromatic hydroxyl groups is 1. The van der Waals surface area contributed by atoms with Crippen molar-refractivity contribution in [2.24, 2.45) is 15.9 Å². The van der Waals surface area contributed by atoms with Gasteiger partial charge in [-0.05, 0) is 67.8 Å². The van der Waals surface area contributed by atoms with Crippen molar-refractivity contribution in [1.29, 1.82) is 0 Å². The Kier molecular flexibility index (Phi) is 5.66. The van der Waals surface area contributed by atoms with Crippen LogP contribution in [0.3, 0.4) is 0 Å². The Bertz CT molecular complexity index is 1340. The van der Waals surface area contributed by atoms with Gasteiger partial charge in [-0.25, -0.2) is 0 Å². The van der Waals surface area contributed by atoms with E-state index < -0.39 is 5.91 Å². The number of rotatable bonds is 5. The summed E-state index contributed by atoms with van der Waals surface area (Å²) in [5.74, 6) is -0.998. The van der Waals surface area contributed by atoms with Crippen LogP contribution in [0.1, 0.15) is 28.4 Å². The highest BCUT2D eigenvalue weighted by Crippen LogP contribution is 2.36. The molecule has 8 nitrogen and oxygen atoms in total. The molecule has 0 saturated heterocycles. The number of hydrogen-bond acceptors (Lipinski definition) is 6. The molecule has 0 saturated carbocycles. The number of primary amides is 1. The van der Waals surface area contributed by atoms with Crippen LogP contribution < -0.4 is 16.2 Å². The minimum Gasteiger partial charge on any atom is -0.505 e. The molecule has 0 spiro atoms. The average Bonchev–Trinajstić information content (AvgIpc) is 3.08. The smallest absolute Gasteiger partial charge is 0.301 e. The number of anilines is 2. The largest absolute Gasteiger partial charge is 0.505 e. The first kappa shape index (κ1) is 21.8. The van der Waals surface area contributed by atoms with Gasteiger partial charge in [0.2, 0.25) is 5.91 Å². The van der Waals surface area contributed by atoms with Gasteiger partial charge in [-0.15, -0.1) is 0 Å². The number of nitrogens with two attached hydrogens (primary N) is 1.